The molecule has 0 aliphatic heterocycles. The van der Waals surface area contributed by atoms with Gasteiger partial charge in [0.25, 0.3) is 5.91 Å². The molecule has 0 saturated heterocycles. The Morgan fingerprint density at radius 3 is 2.50 bits per heavy atom. The van der Waals surface area contributed by atoms with Crippen molar-refractivity contribution >= 4 is 28.2 Å². The Labute approximate surface area is 178 Å². The molecule has 0 aliphatic rings. The predicted octanol–water partition coefficient (Wildman–Crippen LogP) is 4.22. The summed E-state index contributed by atoms with van der Waals surface area (Å²) in [4.78, 5) is 25.1. The number of benzene rings is 1. The van der Waals surface area contributed by atoms with Gasteiger partial charge >= 0.3 is 5.97 Å². The SMILES string of the molecule is CCOC(=O)c1sc(NC(=O)c2ccc(Cn3nc(C)cc3C)cc2)c(C#N)c1C. The normalized spacial score (nSPS) is 10.5. The van der Waals surface area contributed by atoms with Gasteiger partial charge in [0.1, 0.15) is 15.9 Å². The molecule has 0 aliphatic carbocycles. The van der Waals surface area contributed by atoms with Crippen LogP contribution >= 0.6 is 11.3 Å². The fraction of sp³-hybridized carbons (Fsp3) is 0.273. The fourth-order valence-electron chi connectivity index (χ4n) is 3.07. The molecular formula is C22H22N4O3S. The van der Waals surface area contributed by atoms with Gasteiger partial charge in [0.2, 0.25) is 0 Å². The molecule has 3 aromatic rings. The highest BCUT2D eigenvalue weighted by molar-refractivity contribution is 7.18. The molecule has 7 nitrogen and oxygen atoms in total. The van der Waals surface area contributed by atoms with Crippen molar-refractivity contribution in [3.63, 3.8) is 0 Å². The van der Waals surface area contributed by atoms with Gasteiger partial charge in [-0.05, 0) is 57.0 Å². The highest BCUT2D eigenvalue weighted by Crippen LogP contribution is 2.33. The molecule has 3 rings (SSSR count). The molecular weight excluding hydrogens is 400 g/mol. The number of hydrogen-bond donors (Lipinski definition) is 1. The summed E-state index contributed by atoms with van der Waals surface area (Å²) >= 11 is 1.05. The maximum atomic E-state index is 12.7. The van der Waals surface area contributed by atoms with Gasteiger partial charge in [-0.1, -0.05) is 12.1 Å². The Bertz CT molecular complexity index is 1140. The van der Waals surface area contributed by atoms with Crippen molar-refractivity contribution in [3.05, 3.63) is 68.9 Å². The minimum absolute atomic E-state index is 0.240. The van der Waals surface area contributed by atoms with E-state index >= 15 is 0 Å². The summed E-state index contributed by atoms with van der Waals surface area (Å²) in [7, 11) is 0. The van der Waals surface area contributed by atoms with Crippen LogP contribution in [0, 0.1) is 32.1 Å². The third kappa shape index (κ3) is 4.42. The van der Waals surface area contributed by atoms with Gasteiger partial charge in [-0.2, -0.15) is 10.4 Å². The summed E-state index contributed by atoms with van der Waals surface area (Å²) in [5.41, 5.74) is 4.30. The van der Waals surface area contributed by atoms with Gasteiger partial charge in [-0.25, -0.2) is 4.79 Å². The number of hydrogen-bond acceptors (Lipinski definition) is 6. The first-order valence-electron chi connectivity index (χ1n) is 9.46. The second-order valence-corrected chi connectivity index (χ2v) is 7.85. The summed E-state index contributed by atoms with van der Waals surface area (Å²) < 4.78 is 6.94. The van der Waals surface area contributed by atoms with Crippen molar-refractivity contribution in [2.45, 2.75) is 34.2 Å². The molecule has 0 bridgehead atoms. The largest absolute Gasteiger partial charge is 0.462 e. The summed E-state index contributed by atoms with van der Waals surface area (Å²) in [6, 6.07) is 11.3. The van der Waals surface area contributed by atoms with Gasteiger partial charge < -0.3 is 10.1 Å². The van der Waals surface area contributed by atoms with Crippen molar-refractivity contribution in [2.75, 3.05) is 11.9 Å². The number of carbonyl (C=O) groups excluding carboxylic acids is 2. The van der Waals surface area contributed by atoms with E-state index in [4.69, 9.17) is 4.74 Å². The molecule has 8 heteroatoms. The molecule has 0 saturated carbocycles. The zero-order chi connectivity index (χ0) is 21.8. The first kappa shape index (κ1) is 21.3. The van der Waals surface area contributed by atoms with Crippen LogP contribution in [-0.2, 0) is 11.3 Å². The van der Waals surface area contributed by atoms with Crippen molar-refractivity contribution in [2.24, 2.45) is 0 Å². The maximum absolute atomic E-state index is 12.7. The van der Waals surface area contributed by atoms with Crippen molar-refractivity contribution in [1.82, 2.24) is 9.78 Å². The number of amides is 1. The average molecular weight is 423 g/mol. The molecule has 1 amide bonds. The highest BCUT2D eigenvalue weighted by Gasteiger charge is 2.22. The van der Waals surface area contributed by atoms with E-state index in [9.17, 15) is 14.9 Å². The zero-order valence-electron chi connectivity index (χ0n) is 17.3. The molecule has 1 aromatic carbocycles. The van der Waals surface area contributed by atoms with Crippen LogP contribution < -0.4 is 5.32 Å². The predicted molar refractivity (Wildman–Crippen MR) is 115 cm³/mol. The Morgan fingerprint density at radius 2 is 1.93 bits per heavy atom. The molecule has 1 N–H and O–H groups in total. The number of rotatable bonds is 6. The number of nitriles is 1. The van der Waals surface area contributed by atoms with Crippen molar-refractivity contribution < 1.29 is 14.3 Å². The first-order valence-corrected chi connectivity index (χ1v) is 10.3. The summed E-state index contributed by atoms with van der Waals surface area (Å²) in [5, 5.41) is 17.0. The van der Waals surface area contributed by atoms with Crippen molar-refractivity contribution in [3.8, 4) is 6.07 Å². The zero-order valence-corrected chi connectivity index (χ0v) is 18.1. The number of ether oxygens (including phenoxy) is 1. The van der Waals surface area contributed by atoms with Gasteiger partial charge in [-0.15, -0.1) is 11.3 Å². The quantitative estimate of drug-likeness (QED) is 0.600. The lowest BCUT2D eigenvalue weighted by Gasteiger charge is -2.07. The van der Waals surface area contributed by atoms with E-state index in [1.165, 1.54) is 0 Å². The van der Waals surface area contributed by atoms with E-state index in [-0.39, 0.29) is 18.1 Å². The van der Waals surface area contributed by atoms with Crippen LogP contribution in [0.3, 0.4) is 0 Å². The molecule has 30 heavy (non-hydrogen) atoms. The van der Waals surface area contributed by atoms with E-state index in [1.807, 2.05) is 36.7 Å². The van der Waals surface area contributed by atoms with Crippen LogP contribution in [0.5, 0.6) is 0 Å². The lowest BCUT2D eigenvalue weighted by atomic mass is 10.1. The summed E-state index contributed by atoms with van der Waals surface area (Å²) in [5.74, 6) is -0.841. The lowest BCUT2D eigenvalue weighted by Crippen LogP contribution is -2.12. The van der Waals surface area contributed by atoms with Crippen LogP contribution in [0.15, 0.2) is 30.3 Å². The van der Waals surface area contributed by atoms with Gasteiger partial charge in [-0.3, -0.25) is 9.48 Å². The molecule has 0 fully saturated rings. The number of nitrogens with zero attached hydrogens (tertiary/aromatic N) is 3. The number of carbonyl (C=O) groups is 2. The van der Waals surface area contributed by atoms with Crippen LogP contribution in [0.25, 0.3) is 0 Å². The fourth-order valence-corrected chi connectivity index (χ4v) is 4.12. The number of nitrogens with one attached hydrogen (secondary N) is 1. The molecule has 0 radical (unpaired) electrons. The molecule has 0 spiro atoms. The molecule has 0 atom stereocenters. The third-order valence-corrected chi connectivity index (χ3v) is 5.79. The van der Waals surface area contributed by atoms with Crippen LogP contribution in [-0.4, -0.2) is 28.3 Å². The highest BCUT2D eigenvalue weighted by atomic mass is 32.1. The van der Waals surface area contributed by atoms with Gasteiger partial charge in [0.15, 0.2) is 0 Å². The standard InChI is InChI=1S/C22H22N4O3S/c1-5-29-22(28)19-15(4)18(11-23)21(30-19)24-20(27)17-8-6-16(7-9-17)12-26-14(3)10-13(2)25-26/h6-10H,5,12H2,1-4H3,(H,24,27). The molecule has 0 unspecified atom stereocenters. The number of aryl methyl sites for hydroxylation is 2. The van der Waals surface area contributed by atoms with Crippen LogP contribution in [0.2, 0.25) is 0 Å². The number of thiophene rings is 1. The van der Waals surface area contributed by atoms with Crippen LogP contribution in [0.1, 0.15) is 55.0 Å². The third-order valence-electron chi connectivity index (χ3n) is 4.60. The van der Waals surface area contributed by atoms with Gasteiger partial charge in [0, 0.05) is 11.3 Å². The van der Waals surface area contributed by atoms with E-state index in [0.29, 0.717) is 27.5 Å². The number of anilines is 1. The number of aromatic nitrogens is 2. The first-order chi connectivity index (χ1) is 14.3. The summed E-state index contributed by atoms with van der Waals surface area (Å²) in [6.45, 7) is 8.20. The molecule has 2 aromatic heterocycles. The Hall–Kier alpha value is -3.44. The minimum Gasteiger partial charge on any atom is -0.462 e. The summed E-state index contributed by atoms with van der Waals surface area (Å²) in [6.07, 6.45) is 0. The molecule has 2 heterocycles. The smallest absolute Gasteiger partial charge is 0.348 e. The van der Waals surface area contributed by atoms with E-state index in [2.05, 4.69) is 16.5 Å². The van der Waals surface area contributed by atoms with Crippen LogP contribution in [0.4, 0.5) is 5.00 Å². The number of esters is 1. The second kappa shape index (κ2) is 8.93. The Morgan fingerprint density at radius 1 is 1.23 bits per heavy atom. The average Bonchev–Trinajstić information content (AvgIpc) is 3.20. The maximum Gasteiger partial charge on any atom is 0.348 e. The second-order valence-electron chi connectivity index (χ2n) is 6.83. The van der Waals surface area contributed by atoms with E-state index in [0.717, 1.165) is 28.3 Å². The lowest BCUT2D eigenvalue weighted by molar-refractivity contribution is 0.0531. The van der Waals surface area contributed by atoms with E-state index in [1.54, 1.807) is 26.0 Å². The Balaban J connectivity index is 1.76. The topological polar surface area (TPSA) is 97.0 Å². The van der Waals surface area contributed by atoms with E-state index < -0.39 is 5.97 Å². The van der Waals surface area contributed by atoms with Crippen molar-refractivity contribution in [1.29, 1.82) is 5.26 Å². The monoisotopic (exact) mass is 422 g/mol. The Kier molecular flexibility index (Phi) is 6.33. The minimum atomic E-state index is -0.495. The van der Waals surface area contributed by atoms with Gasteiger partial charge in [0.05, 0.1) is 24.4 Å². The molecule has 154 valence electrons.